The molecule has 2 N–H and O–H groups in total. The summed E-state index contributed by atoms with van der Waals surface area (Å²) in [6.07, 6.45) is 1.15. The first-order valence-corrected chi connectivity index (χ1v) is 6.73. The van der Waals surface area contributed by atoms with Gasteiger partial charge in [-0.25, -0.2) is 0 Å². The average molecular weight is 269 g/mol. The Bertz CT molecular complexity index is 593. The van der Waals surface area contributed by atoms with Gasteiger partial charge in [0.1, 0.15) is 0 Å². The summed E-state index contributed by atoms with van der Waals surface area (Å²) in [4.78, 5) is 11.9. The highest BCUT2D eigenvalue weighted by molar-refractivity contribution is 5.91. The van der Waals surface area contributed by atoms with E-state index in [9.17, 15) is 9.90 Å². The van der Waals surface area contributed by atoms with Crippen LogP contribution in [0.4, 0.5) is 5.69 Å². The fourth-order valence-electron chi connectivity index (χ4n) is 2.12. The van der Waals surface area contributed by atoms with Gasteiger partial charge in [0.05, 0.1) is 6.61 Å². The smallest absolute Gasteiger partial charge is 0.224 e. The summed E-state index contributed by atoms with van der Waals surface area (Å²) in [5, 5.41) is 12.1. The Labute approximate surface area is 119 Å². The fraction of sp³-hybridized carbons (Fsp3) is 0.235. The molecule has 1 amide bonds. The van der Waals surface area contributed by atoms with E-state index in [1.807, 2.05) is 37.3 Å². The van der Waals surface area contributed by atoms with Crippen LogP contribution in [0.1, 0.15) is 23.1 Å². The van der Waals surface area contributed by atoms with Gasteiger partial charge in [0, 0.05) is 17.7 Å². The number of hydrogen-bond acceptors (Lipinski definition) is 2. The lowest BCUT2D eigenvalue weighted by Gasteiger charge is -2.09. The van der Waals surface area contributed by atoms with Crippen LogP contribution in [0, 0.1) is 6.92 Å². The van der Waals surface area contributed by atoms with E-state index < -0.39 is 0 Å². The van der Waals surface area contributed by atoms with Gasteiger partial charge in [0.15, 0.2) is 0 Å². The molecule has 2 aromatic rings. The Balaban J connectivity index is 1.93. The molecule has 0 aliphatic rings. The number of amides is 1. The normalized spacial score (nSPS) is 10.3. The second kappa shape index (κ2) is 6.87. The monoisotopic (exact) mass is 269 g/mol. The molecule has 2 aromatic carbocycles. The van der Waals surface area contributed by atoms with Crippen LogP contribution in [0.3, 0.4) is 0 Å². The average Bonchev–Trinajstić information content (AvgIpc) is 2.46. The molecule has 0 bridgehead atoms. The molecule has 2 rings (SSSR count). The van der Waals surface area contributed by atoms with E-state index >= 15 is 0 Å². The number of benzene rings is 2. The molecule has 0 saturated heterocycles. The first-order valence-electron chi connectivity index (χ1n) is 6.73. The third kappa shape index (κ3) is 3.93. The molecule has 104 valence electrons. The lowest BCUT2D eigenvalue weighted by Crippen LogP contribution is -2.13. The second-order valence-corrected chi connectivity index (χ2v) is 4.85. The number of aliphatic hydroxyl groups excluding tert-OH is 1. The van der Waals surface area contributed by atoms with Crippen LogP contribution in [-0.4, -0.2) is 11.0 Å². The van der Waals surface area contributed by atoms with E-state index in [1.165, 1.54) is 5.56 Å². The quantitative estimate of drug-likeness (QED) is 0.876. The predicted octanol–water partition coefficient (Wildman–Crippen LogP) is 3.06. The first kappa shape index (κ1) is 14.3. The van der Waals surface area contributed by atoms with Crippen molar-refractivity contribution >= 4 is 11.6 Å². The van der Waals surface area contributed by atoms with Gasteiger partial charge in [-0.1, -0.05) is 48.0 Å². The van der Waals surface area contributed by atoms with E-state index in [4.69, 9.17) is 0 Å². The molecule has 0 radical (unpaired) electrons. The van der Waals surface area contributed by atoms with Gasteiger partial charge >= 0.3 is 0 Å². The SMILES string of the molecule is Cc1cccc(CCC(=O)Nc2ccccc2CO)c1. The van der Waals surface area contributed by atoms with Crippen molar-refractivity contribution in [2.75, 3.05) is 5.32 Å². The van der Waals surface area contributed by atoms with Crippen molar-refractivity contribution in [1.82, 2.24) is 0 Å². The Morgan fingerprint density at radius 3 is 2.70 bits per heavy atom. The van der Waals surface area contributed by atoms with Crippen molar-refractivity contribution < 1.29 is 9.90 Å². The molecular weight excluding hydrogens is 250 g/mol. The standard InChI is InChI=1S/C17H19NO2/c1-13-5-4-6-14(11-13)9-10-17(20)18-16-8-3-2-7-15(16)12-19/h2-8,11,19H,9-10,12H2,1H3,(H,18,20). The summed E-state index contributed by atoms with van der Waals surface area (Å²) < 4.78 is 0. The van der Waals surface area contributed by atoms with Crippen molar-refractivity contribution in [2.24, 2.45) is 0 Å². The van der Waals surface area contributed by atoms with Crippen LogP contribution >= 0.6 is 0 Å². The topological polar surface area (TPSA) is 49.3 Å². The highest BCUT2D eigenvalue weighted by Gasteiger charge is 2.06. The van der Waals surface area contributed by atoms with E-state index in [1.54, 1.807) is 12.1 Å². The number of carbonyl (C=O) groups is 1. The minimum atomic E-state index is -0.0751. The lowest BCUT2D eigenvalue weighted by atomic mass is 10.1. The number of para-hydroxylation sites is 1. The number of rotatable bonds is 5. The summed E-state index contributed by atoms with van der Waals surface area (Å²) in [6, 6.07) is 15.5. The maximum Gasteiger partial charge on any atom is 0.224 e. The molecule has 0 atom stereocenters. The maximum atomic E-state index is 11.9. The minimum absolute atomic E-state index is 0.0348. The van der Waals surface area contributed by atoms with E-state index in [-0.39, 0.29) is 12.5 Å². The zero-order chi connectivity index (χ0) is 14.4. The summed E-state index contributed by atoms with van der Waals surface area (Å²) in [6.45, 7) is 1.97. The Morgan fingerprint density at radius 2 is 1.95 bits per heavy atom. The second-order valence-electron chi connectivity index (χ2n) is 4.85. The fourth-order valence-corrected chi connectivity index (χ4v) is 2.12. The molecule has 0 unspecified atom stereocenters. The van der Waals surface area contributed by atoms with Crippen molar-refractivity contribution in [3.8, 4) is 0 Å². The highest BCUT2D eigenvalue weighted by atomic mass is 16.3. The molecule has 0 spiro atoms. The van der Waals surface area contributed by atoms with Gasteiger partial charge in [-0.05, 0) is 25.0 Å². The molecule has 3 nitrogen and oxygen atoms in total. The molecule has 0 aliphatic heterocycles. The van der Waals surface area contributed by atoms with Crippen molar-refractivity contribution in [2.45, 2.75) is 26.4 Å². The van der Waals surface area contributed by atoms with Crippen LogP contribution in [0.2, 0.25) is 0 Å². The molecule has 0 saturated carbocycles. The van der Waals surface area contributed by atoms with Crippen LogP contribution in [0.25, 0.3) is 0 Å². The van der Waals surface area contributed by atoms with Crippen LogP contribution in [0.15, 0.2) is 48.5 Å². The first-order chi connectivity index (χ1) is 9.69. The largest absolute Gasteiger partial charge is 0.392 e. The van der Waals surface area contributed by atoms with E-state index in [0.717, 1.165) is 17.5 Å². The molecule has 0 heterocycles. The summed E-state index contributed by atoms with van der Waals surface area (Å²) in [5.74, 6) is -0.0348. The molecule has 3 heteroatoms. The number of aryl methyl sites for hydroxylation is 2. The van der Waals surface area contributed by atoms with Gasteiger partial charge in [0.25, 0.3) is 0 Å². The summed E-state index contributed by atoms with van der Waals surface area (Å²) in [5.41, 5.74) is 3.78. The zero-order valence-corrected chi connectivity index (χ0v) is 11.6. The summed E-state index contributed by atoms with van der Waals surface area (Å²) >= 11 is 0. The maximum absolute atomic E-state index is 11.9. The predicted molar refractivity (Wildman–Crippen MR) is 80.5 cm³/mol. The van der Waals surface area contributed by atoms with Crippen LogP contribution in [-0.2, 0) is 17.8 Å². The van der Waals surface area contributed by atoms with E-state index in [2.05, 4.69) is 11.4 Å². The van der Waals surface area contributed by atoms with Gasteiger partial charge in [-0.2, -0.15) is 0 Å². The van der Waals surface area contributed by atoms with Gasteiger partial charge in [0.2, 0.25) is 5.91 Å². The van der Waals surface area contributed by atoms with Crippen LogP contribution < -0.4 is 5.32 Å². The van der Waals surface area contributed by atoms with Crippen LogP contribution in [0.5, 0.6) is 0 Å². The van der Waals surface area contributed by atoms with Crippen molar-refractivity contribution in [3.05, 3.63) is 65.2 Å². The summed E-state index contributed by atoms with van der Waals surface area (Å²) in [7, 11) is 0. The minimum Gasteiger partial charge on any atom is -0.392 e. The number of carbonyl (C=O) groups excluding carboxylic acids is 1. The van der Waals surface area contributed by atoms with Gasteiger partial charge in [-0.15, -0.1) is 0 Å². The van der Waals surface area contributed by atoms with Gasteiger partial charge < -0.3 is 10.4 Å². The third-order valence-corrected chi connectivity index (χ3v) is 3.19. The van der Waals surface area contributed by atoms with Crippen molar-refractivity contribution in [3.63, 3.8) is 0 Å². The third-order valence-electron chi connectivity index (χ3n) is 3.19. The molecule has 0 fully saturated rings. The van der Waals surface area contributed by atoms with Crippen molar-refractivity contribution in [1.29, 1.82) is 0 Å². The Hall–Kier alpha value is -2.13. The zero-order valence-electron chi connectivity index (χ0n) is 11.6. The Kier molecular flexibility index (Phi) is 4.91. The number of anilines is 1. The highest BCUT2D eigenvalue weighted by Crippen LogP contribution is 2.15. The lowest BCUT2D eigenvalue weighted by molar-refractivity contribution is -0.116. The van der Waals surface area contributed by atoms with E-state index in [0.29, 0.717) is 12.1 Å². The number of aliphatic hydroxyl groups is 1. The molecule has 0 aromatic heterocycles. The molecule has 0 aliphatic carbocycles. The van der Waals surface area contributed by atoms with Gasteiger partial charge in [-0.3, -0.25) is 4.79 Å². The molecular formula is C17H19NO2. The number of hydrogen-bond donors (Lipinski definition) is 2. The number of nitrogens with one attached hydrogen (secondary N) is 1. The molecule has 20 heavy (non-hydrogen) atoms. The Morgan fingerprint density at radius 1 is 1.15 bits per heavy atom.